The molecule has 3 rings (SSSR count). The molecule has 0 bridgehead atoms. The number of hydrogen-bond donors (Lipinski definition) is 1. The molecule has 34 heavy (non-hydrogen) atoms. The Balaban J connectivity index is 1.80. The molecule has 0 unspecified atom stereocenters. The maximum atomic E-state index is 14.4. The molecule has 0 radical (unpaired) electrons. The van der Waals surface area contributed by atoms with Crippen molar-refractivity contribution in [2.45, 2.75) is 56.1 Å². The number of halogens is 2. The largest absolute Gasteiger partial charge is 0.352 e. The quantitative estimate of drug-likeness (QED) is 0.560. The smallest absolute Gasteiger partial charge is 0.243 e. The highest BCUT2D eigenvalue weighted by Crippen LogP contribution is 2.20. The molecule has 1 aliphatic rings. The fourth-order valence-electron chi connectivity index (χ4n) is 3.94. The van der Waals surface area contributed by atoms with E-state index in [9.17, 15) is 22.4 Å². The molecule has 0 aromatic heterocycles. The molecule has 184 valence electrons. The van der Waals surface area contributed by atoms with Gasteiger partial charge in [-0.15, -0.1) is 0 Å². The molecule has 10 heteroatoms. The minimum atomic E-state index is -3.98. The standard InChI is InChI=1S/C24H29ClFN3O4S/c1-17(24(31)27-20-8-4-5-9-20)29(15-18-7-3-6-10-22(18)26)23(30)16-28(2)34(32,33)21-13-11-19(25)12-14-21/h3,6-7,10-14,17,20H,4-5,8-9,15-16H2,1-2H3,(H,27,31)/t17-/m1/s1. The van der Waals surface area contributed by atoms with E-state index in [2.05, 4.69) is 5.32 Å². The third kappa shape index (κ3) is 6.34. The van der Waals surface area contributed by atoms with E-state index >= 15 is 0 Å². The van der Waals surface area contributed by atoms with Gasteiger partial charge in [0.2, 0.25) is 21.8 Å². The first-order valence-corrected chi connectivity index (χ1v) is 13.0. The maximum Gasteiger partial charge on any atom is 0.243 e. The molecule has 1 saturated carbocycles. The SMILES string of the molecule is C[C@H](C(=O)NC1CCCC1)N(Cc1ccccc1F)C(=O)CN(C)S(=O)(=O)c1ccc(Cl)cc1. The second-order valence-electron chi connectivity index (χ2n) is 8.49. The minimum Gasteiger partial charge on any atom is -0.352 e. The Morgan fingerprint density at radius 2 is 1.74 bits per heavy atom. The summed E-state index contributed by atoms with van der Waals surface area (Å²) in [5.74, 6) is -1.47. The van der Waals surface area contributed by atoms with Gasteiger partial charge in [-0.3, -0.25) is 9.59 Å². The lowest BCUT2D eigenvalue weighted by atomic mass is 10.1. The number of carbonyl (C=O) groups excluding carboxylic acids is 2. The molecule has 2 amide bonds. The average Bonchev–Trinajstić information content (AvgIpc) is 3.31. The van der Waals surface area contributed by atoms with Crippen LogP contribution in [-0.2, 0) is 26.2 Å². The van der Waals surface area contributed by atoms with Gasteiger partial charge >= 0.3 is 0 Å². The summed E-state index contributed by atoms with van der Waals surface area (Å²) >= 11 is 5.84. The van der Waals surface area contributed by atoms with Gasteiger partial charge in [-0.25, -0.2) is 12.8 Å². The molecule has 2 aromatic rings. The van der Waals surface area contributed by atoms with E-state index in [0.717, 1.165) is 30.0 Å². The van der Waals surface area contributed by atoms with Crippen molar-refractivity contribution in [2.75, 3.05) is 13.6 Å². The summed E-state index contributed by atoms with van der Waals surface area (Å²) in [6.45, 7) is 0.886. The van der Waals surface area contributed by atoms with E-state index in [1.165, 1.54) is 54.4 Å². The van der Waals surface area contributed by atoms with Crippen molar-refractivity contribution in [2.24, 2.45) is 0 Å². The van der Waals surface area contributed by atoms with E-state index in [1.807, 2.05) is 0 Å². The normalized spacial score (nSPS) is 15.3. The van der Waals surface area contributed by atoms with Gasteiger partial charge in [-0.2, -0.15) is 4.31 Å². The first-order valence-electron chi connectivity index (χ1n) is 11.1. The predicted molar refractivity (Wildman–Crippen MR) is 128 cm³/mol. The molecule has 0 heterocycles. The third-order valence-corrected chi connectivity index (χ3v) is 8.12. The molecule has 1 aliphatic carbocycles. The van der Waals surface area contributed by atoms with Gasteiger partial charge in [0.25, 0.3) is 0 Å². The van der Waals surface area contributed by atoms with Gasteiger partial charge in [0.05, 0.1) is 11.4 Å². The summed E-state index contributed by atoms with van der Waals surface area (Å²) in [5.41, 5.74) is 0.236. The molecule has 0 spiro atoms. The molecule has 1 atom stereocenters. The van der Waals surface area contributed by atoms with Crippen molar-refractivity contribution in [3.05, 3.63) is 64.9 Å². The van der Waals surface area contributed by atoms with E-state index < -0.39 is 34.3 Å². The van der Waals surface area contributed by atoms with Crippen LogP contribution in [0.2, 0.25) is 5.02 Å². The van der Waals surface area contributed by atoms with Crippen LogP contribution in [0.3, 0.4) is 0 Å². The van der Waals surface area contributed by atoms with E-state index in [-0.39, 0.29) is 29.0 Å². The lowest BCUT2D eigenvalue weighted by Crippen LogP contribution is -2.52. The summed E-state index contributed by atoms with van der Waals surface area (Å²) in [4.78, 5) is 27.4. The topological polar surface area (TPSA) is 86.8 Å². The minimum absolute atomic E-state index is 0.0140. The van der Waals surface area contributed by atoms with Crippen LogP contribution in [0.1, 0.15) is 38.2 Å². The van der Waals surface area contributed by atoms with Crippen LogP contribution < -0.4 is 5.32 Å². The monoisotopic (exact) mass is 509 g/mol. The second kappa shape index (κ2) is 11.3. The van der Waals surface area contributed by atoms with E-state index in [4.69, 9.17) is 11.6 Å². The first-order chi connectivity index (χ1) is 16.1. The van der Waals surface area contributed by atoms with Gasteiger partial charge in [0.1, 0.15) is 11.9 Å². The molecular weight excluding hydrogens is 481 g/mol. The number of carbonyl (C=O) groups is 2. The van der Waals surface area contributed by atoms with Crippen molar-refractivity contribution >= 4 is 33.4 Å². The number of sulfonamides is 1. The Bertz CT molecular complexity index is 1120. The van der Waals surface area contributed by atoms with Crippen molar-refractivity contribution in [1.82, 2.24) is 14.5 Å². The van der Waals surface area contributed by atoms with Crippen LogP contribution in [0.25, 0.3) is 0 Å². The predicted octanol–water partition coefficient (Wildman–Crippen LogP) is 3.58. The van der Waals surface area contributed by atoms with Crippen molar-refractivity contribution in [3.8, 4) is 0 Å². The number of nitrogens with zero attached hydrogens (tertiary/aromatic N) is 2. The zero-order valence-corrected chi connectivity index (χ0v) is 20.8. The highest BCUT2D eigenvalue weighted by atomic mass is 35.5. The molecule has 7 nitrogen and oxygen atoms in total. The lowest BCUT2D eigenvalue weighted by molar-refractivity contribution is -0.140. The van der Waals surface area contributed by atoms with E-state index in [1.54, 1.807) is 13.0 Å². The highest BCUT2D eigenvalue weighted by molar-refractivity contribution is 7.89. The van der Waals surface area contributed by atoms with Crippen molar-refractivity contribution in [1.29, 1.82) is 0 Å². The van der Waals surface area contributed by atoms with Gasteiger partial charge in [0.15, 0.2) is 0 Å². The summed E-state index contributed by atoms with van der Waals surface area (Å²) in [6, 6.07) is 10.7. The van der Waals surface area contributed by atoms with Crippen molar-refractivity contribution in [3.63, 3.8) is 0 Å². The Hall–Kier alpha value is -2.49. The molecule has 1 N–H and O–H groups in total. The lowest BCUT2D eigenvalue weighted by Gasteiger charge is -2.31. The van der Waals surface area contributed by atoms with Crippen LogP contribution in [0.5, 0.6) is 0 Å². The Morgan fingerprint density at radius 3 is 2.35 bits per heavy atom. The van der Waals surface area contributed by atoms with Gasteiger partial charge in [-0.05, 0) is 50.1 Å². The summed E-state index contributed by atoms with van der Waals surface area (Å²) < 4.78 is 41.1. The second-order valence-corrected chi connectivity index (χ2v) is 11.0. The van der Waals surface area contributed by atoms with Crippen LogP contribution in [0.4, 0.5) is 4.39 Å². The number of amides is 2. The Kier molecular flexibility index (Phi) is 8.67. The number of nitrogens with one attached hydrogen (secondary N) is 1. The fraction of sp³-hybridized carbons (Fsp3) is 0.417. The fourth-order valence-corrected chi connectivity index (χ4v) is 5.18. The van der Waals surface area contributed by atoms with Crippen LogP contribution >= 0.6 is 11.6 Å². The highest BCUT2D eigenvalue weighted by Gasteiger charge is 2.31. The average molecular weight is 510 g/mol. The first kappa shape index (κ1) is 26.1. The number of likely N-dealkylation sites (N-methyl/N-ethyl adjacent to an activating group) is 1. The third-order valence-electron chi connectivity index (χ3n) is 6.05. The van der Waals surface area contributed by atoms with Crippen LogP contribution in [0, 0.1) is 5.82 Å². The molecule has 2 aromatic carbocycles. The molecule has 0 saturated heterocycles. The number of rotatable bonds is 9. The van der Waals surface area contributed by atoms with Crippen LogP contribution in [-0.4, -0.2) is 55.1 Å². The molecule has 0 aliphatic heterocycles. The Labute approximate surface area is 204 Å². The van der Waals surface area contributed by atoms with Crippen molar-refractivity contribution < 1.29 is 22.4 Å². The van der Waals surface area contributed by atoms with Crippen LogP contribution in [0.15, 0.2) is 53.4 Å². The molecular formula is C24H29ClFN3O4S. The Morgan fingerprint density at radius 1 is 1.12 bits per heavy atom. The van der Waals surface area contributed by atoms with E-state index in [0.29, 0.717) is 5.02 Å². The zero-order valence-electron chi connectivity index (χ0n) is 19.2. The number of hydrogen-bond acceptors (Lipinski definition) is 4. The summed E-state index contributed by atoms with van der Waals surface area (Å²) in [6.07, 6.45) is 3.82. The maximum absolute atomic E-state index is 14.4. The molecule has 1 fully saturated rings. The summed E-state index contributed by atoms with van der Waals surface area (Å²) in [5, 5.41) is 3.34. The van der Waals surface area contributed by atoms with Gasteiger partial charge in [0, 0.05) is 30.2 Å². The zero-order chi connectivity index (χ0) is 24.9. The number of benzene rings is 2. The van der Waals surface area contributed by atoms with Gasteiger partial charge in [-0.1, -0.05) is 42.6 Å². The summed E-state index contributed by atoms with van der Waals surface area (Å²) in [7, 11) is -2.69. The van der Waals surface area contributed by atoms with Gasteiger partial charge < -0.3 is 10.2 Å².